The summed E-state index contributed by atoms with van der Waals surface area (Å²) in [6.45, 7) is 4.93. The third-order valence-corrected chi connectivity index (χ3v) is 2.85. The first-order valence-electron chi connectivity index (χ1n) is 6.60. The van der Waals surface area contributed by atoms with Crippen molar-refractivity contribution in [3.63, 3.8) is 0 Å². The number of hydrogen-bond donors (Lipinski definition) is 1. The number of aromatic nitrogens is 3. The van der Waals surface area contributed by atoms with E-state index in [1.54, 1.807) is 18.5 Å². The van der Waals surface area contributed by atoms with E-state index in [1.165, 1.54) is 6.33 Å². The van der Waals surface area contributed by atoms with E-state index in [-0.39, 0.29) is 0 Å². The lowest BCUT2D eigenvalue weighted by atomic mass is 10.1. The summed E-state index contributed by atoms with van der Waals surface area (Å²) < 4.78 is 5.79. The minimum Gasteiger partial charge on any atom is -0.437 e. The number of ether oxygens (including phenoxy) is 1. The standard InChI is InChI=1S/C14H17ClN4O/c1-3-5-12-13(17-4-2)18-9-19-14(12)20-11-6-10(15)7-16-8-11/h6-9H,3-5H2,1-2H3,(H,17,18,19). The molecule has 5 nitrogen and oxygen atoms in total. The highest BCUT2D eigenvalue weighted by molar-refractivity contribution is 6.30. The first kappa shape index (κ1) is 14.5. The lowest BCUT2D eigenvalue weighted by Gasteiger charge is -2.13. The van der Waals surface area contributed by atoms with Gasteiger partial charge in [0, 0.05) is 18.8 Å². The molecule has 1 N–H and O–H groups in total. The third kappa shape index (κ3) is 3.57. The summed E-state index contributed by atoms with van der Waals surface area (Å²) in [5.74, 6) is 1.92. The van der Waals surface area contributed by atoms with Gasteiger partial charge in [-0.2, -0.15) is 0 Å². The van der Waals surface area contributed by atoms with Crippen molar-refractivity contribution in [3.8, 4) is 11.6 Å². The molecule has 0 spiro atoms. The van der Waals surface area contributed by atoms with Crippen LogP contribution in [0, 0.1) is 0 Å². The zero-order chi connectivity index (χ0) is 14.4. The SMILES string of the molecule is CCCc1c(NCC)ncnc1Oc1cncc(Cl)c1. The van der Waals surface area contributed by atoms with Crippen molar-refractivity contribution in [2.75, 3.05) is 11.9 Å². The average molecular weight is 293 g/mol. The first-order valence-corrected chi connectivity index (χ1v) is 6.98. The van der Waals surface area contributed by atoms with Crippen LogP contribution in [0.25, 0.3) is 0 Å². The molecule has 0 fully saturated rings. The summed E-state index contributed by atoms with van der Waals surface area (Å²) in [7, 11) is 0. The van der Waals surface area contributed by atoms with Gasteiger partial charge in [0.15, 0.2) is 0 Å². The van der Waals surface area contributed by atoms with Gasteiger partial charge in [-0.15, -0.1) is 0 Å². The predicted molar refractivity (Wildman–Crippen MR) is 79.5 cm³/mol. The Morgan fingerprint density at radius 1 is 1.25 bits per heavy atom. The molecule has 20 heavy (non-hydrogen) atoms. The highest BCUT2D eigenvalue weighted by Crippen LogP contribution is 2.28. The molecule has 0 aliphatic rings. The Balaban J connectivity index is 2.32. The molecule has 0 saturated heterocycles. The lowest BCUT2D eigenvalue weighted by Crippen LogP contribution is -2.06. The molecule has 0 radical (unpaired) electrons. The van der Waals surface area contributed by atoms with Crippen LogP contribution >= 0.6 is 11.6 Å². The molecule has 0 aliphatic heterocycles. The van der Waals surface area contributed by atoms with Gasteiger partial charge in [0.25, 0.3) is 0 Å². The second-order valence-electron chi connectivity index (χ2n) is 4.23. The van der Waals surface area contributed by atoms with E-state index >= 15 is 0 Å². The minimum atomic E-state index is 0.528. The lowest BCUT2D eigenvalue weighted by molar-refractivity contribution is 0.452. The zero-order valence-electron chi connectivity index (χ0n) is 11.6. The van der Waals surface area contributed by atoms with Crippen LogP contribution in [0.1, 0.15) is 25.8 Å². The molecular formula is C14H17ClN4O. The highest BCUT2D eigenvalue weighted by Gasteiger charge is 2.12. The van der Waals surface area contributed by atoms with Crippen molar-refractivity contribution in [2.45, 2.75) is 26.7 Å². The molecule has 0 bridgehead atoms. The van der Waals surface area contributed by atoms with Crippen LogP contribution in [0.15, 0.2) is 24.8 Å². The maximum Gasteiger partial charge on any atom is 0.227 e. The Hall–Kier alpha value is -1.88. The van der Waals surface area contributed by atoms with Gasteiger partial charge >= 0.3 is 0 Å². The summed E-state index contributed by atoms with van der Waals surface area (Å²) in [6, 6.07) is 1.71. The van der Waals surface area contributed by atoms with Gasteiger partial charge in [0.05, 0.1) is 16.8 Å². The minimum absolute atomic E-state index is 0.528. The molecule has 2 heterocycles. The van der Waals surface area contributed by atoms with Crippen LogP contribution in [0.2, 0.25) is 5.02 Å². The Kier molecular flexibility index (Phi) is 5.12. The van der Waals surface area contributed by atoms with Gasteiger partial charge in [-0.1, -0.05) is 24.9 Å². The largest absolute Gasteiger partial charge is 0.437 e. The van der Waals surface area contributed by atoms with E-state index in [9.17, 15) is 0 Å². The summed E-state index contributed by atoms with van der Waals surface area (Å²) in [5.41, 5.74) is 0.969. The summed E-state index contributed by atoms with van der Waals surface area (Å²) in [4.78, 5) is 12.5. The molecule has 2 aromatic heterocycles. The van der Waals surface area contributed by atoms with Crippen LogP contribution < -0.4 is 10.1 Å². The third-order valence-electron chi connectivity index (χ3n) is 2.64. The monoisotopic (exact) mass is 292 g/mol. The number of hydrogen-bond acceptors (Lipinski definition) is 5. The van der Waals surface area contributed by atoms with Crippen LogP contribution in [-0.4, -0.2) is 21.5 Å². The van der Waals surface area contributed by atoms with E-state index in [4.69, 9.17) is 16.3 Å². The number of nitrogens with one attached hydrogen (secondary N) is 1. The number of nitrogens with zero attached hydrogens (tertiary/aromatic N) is 3. The fourth-order valence-corrected chi connectivity index (χ4v) is 2.00. The zero-order valence-corrected chi connectivity index (χ0v) is 12.3. The van der Waals surface area contributed by atoms with Crippen molar-refractivity contribution in [1.82, 2.24) is 15.0 Å². The van der Waals surface area contributed by atoms with Gasteiger partial charge in [0.1, 0.15) is 17.9 Å². The Morgan fingerprint density at radius 3 is 2.80 bits per heavy atom. The number of rotatable bonds is 6. The van der Waals surface area contributed by atoms with E-state index in [2.05, 4.69) is 27.2 Å². The number of halogens is 1. The van der Waals surface area contributed by atoms with Crippen molar-refractivity contribution in [1.29, 1.82) is 0 Å². The predicted octanol–water partition coefficient (Wildman–Crippen LogP) is 3.70. The van der Waals surface area contributed by atoms with Crippen LogP contribution in [0.5, 0.6) is 11.6 Å². The van der Waals surface area contributed by atoms with Gasteiger partial charge in [-0.05, 0) is 13.3 Å². The second-order valence-corrected chi connectivity index (χ2v) is 4.66. The average Bonchev–Trinajstić information content (AvgIpc) is 2.43. The molecule has 6 heteroatoms. The fourth-order valence-electron chi connectivity index (χ4n) is 1.84. The molecule has 0 saturated carbocycles. The Morgan fingerprint density at radius 2 is 2.10 bits per heavy atom. The molecule has 0 amide bonds. The molecule has 0 aromatic carbocycles. The quantitative estimate of drug-likeness (QED) is 0.879. The van der Waals surface area contributed by atoms with Gasteiger partial charge < -0.3 is 10.1 Å². The Labute approximate surface area is 123 Å². The smallest absolute Gasteiger partial charge is 0.227 e. The van der Waals surface area contributed by atoms with Crippen molar-refractivity contribution < 1.29 is 4.74 Å². The maximum absolute atomic E-state index is 5.91. The van der Waals surface area contributed by atoms with E-state index in [1.807, 2.05) is 6.92 Å². The van der Waals surface area contributed by atoms with Crippen LogP contribution in [0.4, 0.5) is 5.82 Å². The summed E-state index contributed by atoms with van der Waals surface area (Å²) in [5, 5.41) is 3.75. The van der Waals surface area contributed by atoms with Crippen molar-refractivity contribution in [2.24, 2.45) is 0 Å². The molecule has 106 valence electrons. The van der Waals surface area contributed by atoms with E-state index in [0.717, 1.165) is 30.8 Å². The van der Waals surface area contributed by atoms with Crippen LogP contribution in [0.3, 0.4) is 0 Å². The molecule has 0 atom stereocenters. The van der Waals surface area contributed by atoms with E-state index < -0.39 is 0 Å². The summed E-state index contributed by atoms with van der Waals surface area (Å²) >= 11 is 5.91. The summed E-state index contributed by atoms with van der Waals surface area (Å²) in [6.07, 6.45) is 6.48. The van der Waals surface area contributed by atoms with Gasteiger partial charge in [0.2, 0.25) is 5.88 Å². The number of anilines is 1. The second kappa shape index (κ2) is 7.05. The van der Waals surface area contributed by atoms with Crippen LogP contribution in [-0.2, 0) is 6.42 Å². The van der Waals surface area contributed by atoms with E-state index in [0.29, 0.717) is 16.7 Å². The Bertz CT molecular complexity index is 577. The van der Waals surface area contributed by atoms with Crippen molar-refractivity contribution >= 4 is 17.4 Å². The number of pyridine rings is 1. The molecule has 2 aromatic rings. The van der Waals surface area contributed by atoms with Crippen molar-refractivity contribution in [3.05, 3.63) is 35.4 Å². The maximum atomic E-state index is 5.91. The molecule has 2 rings (SSSR count). The van der Waals surface area contributed by atoms with Gasteiger partial charge in [-0.3, -0.25) is 4.98 Å². The molecular weight excluding hydrogens is 276 g/mol. The normalized spacial score (nSPS) is 10.3. The topological polar surface area (TPSA) is 59.9 Å². The fraction of sp³-hybridized carbons (Fsp3) is 0.357. The first-order chi connectivity index (χ1) is 9.74. The highest BCUT2D eigenvalue weighted by atomic mass is 35.5. The molecule has 0 aliphatic carbocycles. The molecule has 0 unspecified atom stereocenters. The van der Waals surface area contributed by atoms with Gasteiger partial charge in [-0.25, -0.2) is 9.97 Å².